The van der Waals surface area contributed by atoms with Crippen molar-refractivity contribution in [1.82, 2.24) is 14.9 Å². The maximum Gasteiger partial charge on any atom is 0.235 e. The van der Waals surface area contributed by atoms with E-state index in [1.165, 1.54) is 31.0 Å². The second-order valence-electron chi connectivity index (χ2n) is 6.20. The Morgan fingerprint density at radius 2 is 2.13 bits per heavy atom. The Balaban J connectivity index is 1.66. The van der Waals surface area contributed by atoms with Crippen LogP contribution in [0.2, 0.25) is 5.02 Å². The van der Waals surface area contributed by atoms with Crippen molar-refractivity contribution >= 4 is 40.3 Å². The molecule has 1 heterocycles. The Hall–Kier alpha value is -1.20. The van der Waals surface area contributed by atoms with E-state index in [1.54, 1.807) is 0 Å². The van der Waals surface area contributed by atoms with Gasteiger partial charge >= 0.3 is 0 Å². The maximum atomic E-state index is 12.7. The third-order valence-corrected chi connectivity index (χ3v) is 5.74. The Labute approximate surface area is 146 Å². The van der Waals surface area contributed by atoms with Gasteiger partial charge in [-0.05, 0) is 38.0 Å². The van der Waals surface area contributed by atoms with Crippen LogP contribution in [0.1, 0.15) is 39.0 Å². The fourth-order valence-corrected chi connectivity index (χ4v) is 4.26. The second kappa shape index (κ2) is 7.14. The molecule has 3 rings (SSSR count). The SMILES string of the molecule is C[C@H](Sc1nc2ccc(Cl)cc2[nH]1)C(=O)N(C)C1CCCCC1. The smallest absolute Gasteiger partial charge is 0.235 e. The fourth-order valence-electron chi connectivity index (χ4n) is 3.17. The number of benzene rings is 1. The first-order valence-corrected chi connectivity index (χ1v) is 9.39. The molecule has 1 amide bonds. The standard InChI is InChI=1S/C17H22ClN3OS/c1-11(16(22)21(2)13-6-4-3-5-7-13)23-17-19-14-9-8-12(18)10-15(14)20-17/h8-11,13H,3-7H2,1-2H3,(H,19,20)/t11-/m0/s1. The quantitative estimate of drug-likeness (QED) is 0.826. The predicted molar refractivity (Wildman–Crippen MR) is 96.1 cm³/mol. The van der Waals surface area contributed by atoms with Crippen LogP contribution in [0, 0.1) is 0 Å². The van der Waals surface area contributed by atoms with Gasteiger partial charge in [-0.2, -0.15) is 0 Å². The van der Waals surface area contributed by atoms with E-state index in [0.29, 0.717) is 11.1 Å². The number of imidazole rings is 1. The van der Waals surface area contributed by atoms with Crippen molar-refractivity contribution in [2.45, 2.75) is 55.5 Å². The molecule has 1 saturated carbocycles. The number of hydrogen-bond acceptors (Lipinski definition) is 3. The monoisotopic (exact) mass is 351 g/mol. The van der Waals surface area contributed by atoms with Gasteiger partial charge < -0.3 is 9.88 Å². The van der Waals surface area contributed by atoms with Crippen molar-refractivity contribution in [3.8, 4) is 0 Å². The molecule has 0 bridgehead atoms. The van der Waals surface area contributed by atoms with Crippen LogP contribution in [0.4, 0.5) is 0 Å². The summed E-state index contributed by atoms with van der Waals surface area (Å²) in [7, 11) is 1.94. The Bertz CT molecular complexity index is 696. The molecule has 0 aliphatic heterocycles. The van der Waals surface area contributed by atoms with Crippen LogP contribution >= 0.6 is 23.4 Å². The topological polar surface area (TPSA) is 49.0 Å². The Kier molecular flexibility index (Phi) is 5.17. The maximum absolute atomic E-state index is 12.7. The molecule has 0 unspecified atom stereocenters. The van der Waals surface area contributed by atoms with E-state index in [2.05, 4.69) is 9.97 Å². The van der Waals surface area contributed by atoms with E-state index in [4.69, 9.17) is 11.6 Å². The van der Waals surface area contributed by atoms with E-state index < -0.39 is 0 Å². The van der Waals surface area contributed by atoms with Crippen LogP contribution in [0.5, 0.6) is 0 Å². The molecule has 0 saturated heterocycles. The predicted octanol–water partition coefficient (Wildman–Crippen LogP) is 4.49. The van der Waals surface area contributed by atoms with E-state index in [9.17, 15) is 4.79 Å². The van der Waals surface area contributed by atoms with Gasteiger partial charge in [-0.15, -0.1) is 0 Å². The summed E-state index contributed by atoms with van der Waals surface area (Å²) in [4.78, 5) is 22.4. The fraction of sp³-hybridized carbons (Fsp3) is 0.529. The van der Waals surface area contributed by atoms with Gasteiger partial charge in [0.25, 0.3) is 0 Å². The summed E-state index contributed by atoms with van der Waals surface area (Å²) in [5.74, 6) is 0.181. The molecule has 1 aromatic heterocycles. The lowest BCUT2D eigenvalue weighted by molar-refractivity contribution is -0.131. The van der Waals surface area contributed by atoms with E-state index in [1.807, 2.05) is 37.1 Å². The lowest BCUT2D eigenvalue weighted by atomic mass is 9.94. The minimum atomic E-state index is -0.155. The average molecular weight is 352 g/mol. The largest absolute Gasteiger partial charge is 0.342 e. The molecule has 1 aromatic carbocycles. The number of amides is 1. The van der Waals surface area contributed by atoms with Crippen LogP contribution in [0.3, 0.4) is 0 Å². The van der Waals surface area contributed by atoms with Gasteiger partial charge in [-0.1, -0.05) is 42.6 Å². The molecule has 1 N–H and O–H groups in total. The zero-order chi connectivity index (χ0) is 16.4. The van der Waals surface area contributed by atoms with Crippen LogP contribution < -0.4 is 0 Å². The Morgan fingerprint density at radius 1 is 1.39 bits per heavy atom. The molecule has 2 aromatic rings. The van der Waals surface area contributed by atoms with Gasteiger partial charge in [0.1, 0.15) is 0 Å². The van der Waals surface area contributed by atoms with E-state index in [0.717, 1.165) is 29.0 Å². The molecule has 124 valence electrons. The number of H-pyrrole nitrogens is 1. The summed E-state index contributed by atoms with van der Waals surface area (Å²) >= 11 is 7.47. The summed E-state index contributed by atoms with van der Waals surface area (Å²) in [5, 5.41) is 1.29. The minimum absolute atomic E-state index is 0.155. The first kappa shape index (κ1) is 16.7. The lowest BCUT2D eigenvalue weighted by Crippen LogP contribution is -2.42. The van der Waals surface area contributed by atoms with Crippen molar-refractivity contribution in [3.05, 3.63) is 23.2 Å². The number of aromatic nitrogens is 2. The van der Waals surface area contributed by atoms with Crippen LogP contribution in [-0.2, 0) is 4.79 Å². The van der Waals surface area contributed by atoms with Crippen molar-refractivity contribution in [2.24, 2.45) is 0 Å². The number of thioether (sulfide) groups is 1. The second-order valence-corrected chi connectivity index (χ2v) is 7.97. The molecule has 0 radical (unpaired) electrons. The van der Waals surface area contributed by atoms with Gasteiger partial charge in [0, 0.05) is 18.1 Å². The highest BCUT2D eigenvalue weighted by Crippen LogP contribution is 2.28. The van der Waals surface area contributed by atoms with Gasteiger partial charge in [-0.3, -0.25) is 4.79 Å². The van der Waals surface area contributed by atoms with Gasteiger partial charge in [0.05, 0.1) is 16.3 Å². The van der Waals surface area contributed by atoms with Crippen LogP contribution in [0.15, 0.2) is 23.4 Å². The third kappa shape index (κ3) is 3.83. The molecule has 0 spiro atoms. The van der Waals surface area contributed by atoms with Gasteiger partial charge in [0.2, 0.25) is 5.91 Å². The third-order valence-electron chi connectivity index (χ3n) is 4.53. The molecule has 4 nitrogen and oxygen atoms in total. The van der Waals surface area contributed by atoms with E-state index >= 15 is 0 Å². The number of aromatic amines is 1. The van der Waals surface area contributed by atoms with Crippen molar-refractivity contribution in [2.75, 3.05) is 7.05 Å². The number of fused-ring (bicyclic) bond motifs is 1. The van der Waals surface area contributed by atoms with Crippen LogP contribution in [-0.4, -0.2) is 39.1 Å². The molecular weight excluding hydrogens is 330 g/mol. The first-order chi connectivity index (χ1) is 11.0. The van der Waals surface area contributed by atoms with Gasteiger partial charge in [0.15, 0.2) is 5.16 Å². The van der Waals surface area contributed by atoms with Crippen molar-refractivity contribution in [1.29, 1.82) is 0 Å². The molecule has 6 heteroatoms. The molecule has 1 atom stereocenters. The highest BCUT2D eigenvalue weighted by Gasteiger charge is 2.26. The molecular formula is C17H22ClN3OS. The average Bonchev–Trinajstić information content (AvgIpc) is 2.95. The molecule has 1 aliphatic carbocycles. The lowest BCUT2D eigenvalue weighted by Gasteiger charge is -2.32. The number of hydrogen-bond donors (Lipinski definition) is 1. The van der Waals surface area contributed by atoms with Crippen LogP contribution in [0.25, 0.3) is 11.0 Å². The van der Waals surface area contributed by atoms with Crippen molar-refractivity contribution < 1.29 is 4.79 Å². The number of carbonyl (C=O) groups excluding carboxylic acids is 1. The summed E-state index contributed by atoms with van der Waals surface area (Å²) in [6, 6.07) is 5.96. The molecule has 23 heavy (non-hydrogen) atoms. The summed E-state index contributed by atoms with van der Waals surface area (Å²) in [6.07, 6.45) is 6.01. The summed E-state index contributed by atoms with van der Waals surface area (Å²) in [5.41, 5.74) is 1.78. The summed E-state index contributed by atoms with van der Waals surface area (Å²) in [6.45, 7) is 1.95. The number of carbonyl (C=O) groups is 1. The molecule has 1 fully saturated rings. The zero-order valence-electron chi connectivity index (χ0n) is 13.5. The number of rotatable bonds is 4. The minimum Gasteiger partial charge on any atom is -0.342 e. The van der Waals surface area contributed by atoms with E-state index in [-0.39, 0.29) is 11.2 Å². The van der Waals surface area contributed by atoms with Crippen molar-refractivity contribution in [3.63, 3.8) is 0 Å². The number of halogens is 1. The highest BCUT2D eigenvalue weighted by molar-refractivity contribution is 8.00. The van der Waals surface area contributed by atoms with Gasteiger partial charge in [-0.25, -0.2) is 4.98 Å². The first-order valence-electron chi connectivity index (χ1n) is 8.13. The number of nitrogens with one attached hydrogen (secondary N) is 1. The number of nitrogens with zero attached hydrogens (tertiary/aromatic N) is 2. The highest BCUT2D eigenvalue weighted by atomic mass is 35.5. The zero-order valence-corrected chi connectivity index (χ0v) is 15.1. The molecule has 1 aliphatic rings. The summed E-state index contributed by atoms with van der Waals surface area (Å²) < 4.78 is 0. The normalized spacial score (nSPS) is 17.3. The Morgan fingerprint density at radius 3 is 2.87 bits per heavy atom.